The van der Waals surface area contributed by atoms with Gasteiger partial charge in [-0.15, -0.1) is 0 Å². The third-order valence-corrected chi connectivity index (χ3v) is 3.37. The summed E-state index contributed by atoms with van der Waals surface area (Å²) in [6.07, 6.45) is 0. The van der Waals surface area contributed by atoms with Gasteiger partial charge in [-0.2, -0.15) is 0 Å². The second kappa shape index (κ2) is 4.02. The summed E-state index contributed by atoms with van der Waals surface area (Å²) in [5.74, 6) is 1.96. The van der Waals surface area contributed by atoms with Crippen molar-refractivity contribution in [2.75, 3.05) is 0 Å². The first kappa shape index (κ1) is 11.4. The highest BCUT2D eigenvalue weighted by Gasteiger charge is 2.25. The summed E-state index contributed by atoms with van der Waals surface area (Å²) in [5.41, 5.74) is 0.725. The Morgan fingerprint density at radius 2 is 1.75 bits per heavy atom. The average molecular weight is 286 g/mol. The first-order valence-corrected chi connectivity index (χ1v) is 6.37. The Morgan fingerprint density at radius 3 is 2.65 bits per heavy atom. The van der Waals surface area contributed by atoms with Crippen LogP contribution < -0.4 is 9.47 Å². The number of nitrogens with zero attached hydrogens (tertiary/aromatic N) is 1. The minimum atomic E-state index is 0.111. The van der Waals surface area contributed by atoms with Crippen LogP contribution in [0.4, 0.5) is 0 Å². The van der Waals surface area contributed by atoms with E-state index < -0.39 is 0 Å². The molecule has 3 aromatic rings. The Morgan fingerprint density at radius 1 is 0.950 bits per heavy atom. The summed E-state index contributed by atoms with van der Waals surface area (Å²) in [4.78, 5) is 4.29. The van der Waals surface area contributed by atoms with E-state index in [1.807, 2.05) is 24.3 Å². The van der Waals surface area contributed by atoms with Crippen LogP contribution in [0.1, 0.15) is 0 Å². The highest BCUT2D eigenvalue weighted by Crippen LogP contribution is 2.51. The minimum absolute atomic E-state index is 0.111. The number of hydrogen-bond donors (Lipinski definition) is 1. The second-order valence-corrected chi connectivity index (χ2v) is 4.77. The summed E-state index contributed by atoms with van der Waals surface area (Å²) in [5, 5.41) is 10.6. The van der Waals surface area contributed by atoms with Gasteiger partial charge in [0, 0.05) is 11.5 Å². The number of hydrogen-bond acceptors (Lipinski definition) is 4. The zero-order chi connectivity index (χ0) is 13.7. The molecule has 4 rings (SSSR count). The van der Waals surface area contributed by atoms with Crippen LogP contribution in [0.3, 0.4) is 0 Å². The fourth-order valence-corrected chi connectivity index (χ4v) is 2.42. The van der Waals surface area contributed by atoms with E-state index >= 15 is 0 Å². The van der Waals surface area contributed by atoms with Crippen molar-refractivity contribution < 1.29 is 14.6 Å². The van der Waals surface area contributed by atoms with Crippen molar-refractivity contribution in [2.24, 2.45) is 0 Å². The van der Waals surface area contributed by atoms with Gasteiger partial charge in [0.1, 0.15) is 5.75 Å². The molecule has 5 heteroatoms. The number of aromatic nitrogens is 1. The quantitative estimate of drug-likeness (QED) is 0.484. The zero-order valence-corrected chi connectivity index (χ0v) is 10.9. The summed E-state index contributed by atoms with van der Waals surface area (Å²) in [6.45, 7) is 0. The fourth-order valence-electron chi connectivity index (χ4n) is 2.21. The summed E-state index contributed by atoms with van der Waals surface area (Å²) >= 11 is 6.15. The standard InChI is InChI=1S/C15H8ClNO3/c16-15-14-13(9-3-1-2-4-10(9)17-15)20-12-7-8(18)5-6-11(12)19-14/h1-7,18H. The second-order valence-electron chi connectivity index (χ2n) is 4.41. The molecule has 0 unspecified atom stereocenters. The molecule has 0 bridgehead atoms. The normalized spacial score (nSPS) is 12.2. The van der Waals surface area contributed by atoms with Gasteiger partial charge in [0.2, 0.25) is 5.75 Å². The number of ether oxygens (including phenoxy) is 2. The minimum Gasteiger partial charge on any atom is -0.508 e. The molecule has 1 aliphatic heterocycles. The molecule has 1 aromatic heterocycles. The Hall–Kier alpha value is -2.46. The van der Waals surface area contributed by atoms with E-state index in [0.29, 0.717) is 23.0 Å². The number of pyridine rings is 1. The molecular formula is C15H8ClNO3. The van der Waals surface area contributed by atoms with Crippen molar-refractivity contribution in [3.05, 3.63) is 47.6 Å². The van der Waals surface area contributed by atoms with Gasteiger partial charge in [-0.25, -0.2) is 4.98 Å². The van der Waals surface area contributed by atoms with E-state index in [2.05, 4.69) is 4.98 Å². The number of phenols is 1. The molecule has 4 nitrogen and oxygen atoms in total. The van der Waals surface area contributed by atoms with Crippen molar-refractivity contribution in [3.63, 3.8) is 0 Å². The van der Waals surface area contributed by atoms with Gasteiger partial charge in [-0.05, 0) is 24.3 Å². The van der Waals surface area contributed by atoms with Gasteiger partial charge in [-0.3, -0.25) is 0 Å². The first-order chi connectivity index (χ1) is 9.72. The molecule has 0 aliphatic carbocycles. The van der Waals surface area contributed by atoms with Crippen LogP contribution in [-0.2, 0) is 0 Å². The highest BCUT2D eigenvalue weighted by molar-refractivity contribution is 6.31. The molecule has 1 aliphatic rings. The number of rotatable bonds is 0. The van der Waals surface area contributed by atoms with E-state index in [1.54, 1.807) is 6.07 Å². The monoisotopic (exact) mass is 285 g/mol. The summed E-state index contributed by atoms with van der Waals surface area (Å²) in [6, 6.07) is 12.1. The van der Waals surface area contributed by atoms with E-state index in [-0.39, 0.29) is 10.9 Å². The van der Waals surface area contributed by atoms with Crippen LogP contribution in [0.15, 0.2) is 42.5 Å². The lowest BCUT2D eigenvalue weighted by Crippen LogP contribution is -2.01. The van der Waals surface area contributed by atoms with Crippen molar-refractivity contribution in [1.29, 1.82) is 0 Å². The average Bonchev–Trinajstić information content (AvgIpc) is 2.46. The summed E-state index contributed by atoms with van der Waals surface area (Å²) in [7, 11) is 0. The zero-order valence-electron chi connectivity index (χ0n) is 10.1. The van der Waals surface area contributed by atoms with Crippen molar-refractivity contribution >= 4 is 22.5 Å². The van der Waals surface area contributed by atoms with E-state index in [9.17, 15) is 5.11 Å². The number of fused-ring (bicyclic) bond motifs is 4. The highest BCUT2D eigenvalue weighted by atomic mass is 35.5. The van der Waals surface area contributed by atoms with Crippen molar-refractivity contribution in [2.45, 2.75) is 0 Å². The van der Waals surface area contributed by atoms with Crippen molar-refractivity contribution in [1.82, 2.24) is 4.98 Å². The van der Waals surface area contributed by atoms with E-state index in [4.69, 9.17) is 21.1 Å². The predicted octanol–water partition coefficient (Wildman–Crippen LogP) is 4.49. The molecule has 0 amide bonds. The number of para-hydroxylation sites is 1. The van der Waals surface area contributed by atoms with Gasteiger partial charge in [0.05, 0.1) is 5.52 Å². The maximum Gasteiger partial charge on any atom is 0.208 e. The maximum atomic E-state index is 9.53. The molecule has 0 spiro atoms. The first-order valence-electron chi connectivity index (χ1n) is 5.99. The number of phenolic OH excluding ortho intramolecular Hbond substituents is 1. The number of halogens is 1. The lowest BCUT2D eigenvalue weighted by molar-refractivity contribution is 0.358. The van der Waals surface area contributed by atoms with Crippen LogP contribution in [0.5, 0.6) is 28.7 Å². The molecule has 98 valence electrons. The van der Waals surface area contributed by atoms with E-state index in [0.717, 1.165) is 10.9 Å². The SMILES string of the molecule is Oc1ccc2c(c1)Oc1c(c(Cl)nc3ccccc13)O2. The van der Waals surface area contributed by atoms with Crippen LogP contribution in [0.25, 0.3) is 10.9 Å². The van der Waals surface area contributed by atoms with Gasteiger partial charge in [-0.1, -0.05) is 23.7 Å². The third-order valence-electron chi connectivity index (χ3n) is 3.11. The van der Waals surface area contributed by atoms with Crippen LogP contribution >= 0.6 is 11.6 Å². The van der Waals surface area contributed by atoms with Gasteiger partial charge in [0.25, 0.3) is 0 Å². The molecule has 2 aromatic carbocycles. The number of benzene rings is 2. The van der Waals surface area contributed by atoms with E-state index in [1.165, 1.54) is 12.1 Å². The molecule has 0 saturated carbocycles. The van der Waals surface area contributed by atoms with Crippen LogP contribution in [0.2, 0.25) is 5.15 Å². The fraction of sp³-hybridized carbons (Fsp3) is 0. The molecule has 2 heterocycles. The largest absolute Gasteiger partial charge is 0.508 e. The maximum absolute atomic E-state index is 9.53. The smallest absolute Gasteiger partial charge is 0.208 e. The molecule has 1 N–H and O–H groups in total. The van der Waals surface area contributed by atoms with Crippen molar-refractivity contribution in [3.8, 4) is 28.7 Å². The Kier molecular flexibility index (Phi) is 2.28. The van der Waals surface area contributed by atoms with Gasteiger partial charge >= 0.3 is 0 Å². The topological polar surface area (TPSA) is 51.6 Å². The molecular weight excluding hydrogens is 278 g/mol. The van der Waals surface area contributed by atoms with Crippen LogP contribution in [-0.4, -0.2) is 10.1 Å². The molecule has 0 fully saturated rings. The summed E-state index contributed by atoms with van der Waals surface area (Å²) < 4.78 is 11.6. The Balaban J connectivity index is 1.99. The molecule has 0 radical (unpaired) electrons. The van der Waals surface area contributed by atoms with Gasteiger partial charge in [0.15, 0.2) is 22.4 Å². The molecule has 0 saturated heterocycles. The molecule has 20 heavy (non-hydrogen) atoms. The number of aromatic hydroxyl groups is 1. The Labute approximate surface area is 119 Å². The lowest BCUT2D eigenvalue weighted by Gasteiger charge is -2.22. The van der Waals surface area contributed by atoms with Crippen LogP contribution in [0, 0.1) is 0 Å². The predicted molar refractivity (Wildman–Crippen MR) is 75.0 cm³/mol. The van der Waals surface area contributed by atoms with Gasteiger partial charge < -0.3 is 14.6 Å². The third kappa shape index (κ3) is 1.58. The molecule has 0 atom stereocenters. The Bertz CT molecular complexity index is 848. The lowest BCUT2D eigenvalue weighted by atomic mass is 10.2.